The lowest BCUT2D eigenvalue weighted by Gasteiger charge is -2.43. The van der Waals surface area contributed by atoms with E-state index in [4.69, 9.17) is 5.11 Å². The summed E-state index contributed by atoms with van der Waals surface area (Å²) in [4.78, 5) is 0. The van der Waals surface area contributed by atoms with Gasteiger partial charge in [-0.2, -0.15) is 0 Å². The summed E-state index contributed by atoms with van der Waals surface area (Å²) >= 11 is 0. The van der Waals surface area contributed by atoms with Crippen molar-refractivity contribution in [2.45, 2.75) is 18.6 Å². The molecular formula is C5H11NO2. The number of nitrogens with one attached hydrogen (secondary N) is 1. The van der Waals surface area contributed by atoms with E-state index in [-0.39, 0.29) is 12.6 Å². The van der Waals surface area contributed by atoms with Gasteiger partial charge in [0.15, 0.2) is 0 Å². The monoisotopic (exact) mass is 117 g/mol. The first-order valence-electron chi connectivity index (χ1n) is 2.76. The first-order chi connectivity index (χ1) is 3.69. The predicted molar refractivity (Wildman–Crippen MR) is 29.5 cm³/mol. The molecule has 3 nitrogen and oxygen atoms in total. The standard InChI is InChI=1S/C5H11NO2/c1-4-5(8,3-7)2-6-4/h4,6-8H,2-3H2,1H3. The summed E-state index contributed by atoms with van der Waals surface area (Å²) < 4.78 is 0. The fourth-order valence-corrected chi connectivity index (χ4v) is 0.735. The number of aliphatic hydroxyl groups is 2. The molecule has 1 saturated heterocycles. The van der Waals surface area contributed by atoms with E-state index in [1.165, 1.54) is 0 Å². The molecule has 1 heterocycles. The molecule has 1 fully saturated rings. The molecule has 0 aromatic rings. The zero-order valence-corrected chi connectivity index (χ0v) is 4.89. The van der Waals surface area contributed by atoms with E-state index < -0.39 is 5.60 Å². The predicted octanol–water partition coefficient (Wildman–Crippen LogP) is -1.30. The molecule has 0 aliphatic carbocycles. The Kier molecular flexibility index (Phi) is 1.27. The molecule has 1 aliphatic heterocycles. The van der Waals surface area contributed by atoms with E-state index in [9.17, 15) is 5.11 Å². The van der Waals surface area contributed by atoms with Crippen molar-refractivity contribution in [2.24, 2.45) is 0 Å². The maximum absolute atomic E-state index is 9.17. The second-order valence-electron chi connectivity index (χ2n) is 2.36. The van der Waals surface area contributed by atoms with Gasteiger partial charge in [0.05, 0.1) is 6.61 Å². The van der Waals surface area contributed by atoms with E-state index in [2.05, 4.69) is 5.32 Å². The van der Waals surface area contributed by atoms with Gasteiger partial charge < -0.3 is 15.5 Å². The molecule has 0 amide bonds. The fourth-order valence-electron chi connectivity index (χ4n) is 0.735. The third-order valence-corrected chi connectivity index (χ3v) is 1.79. The van der Waals surface area contributed by atoms with Crippen LogP contribution in [0.3, 0.4) is 0 Å². The molecule has 1 rings (SSSR count). The highest BCUT2D eigenvalue weighted by atomic mass is 16.3. The van der Waals surface area contributed by atoms with Crippen LogP contribution in [-0.2, 0) is 0 Å². The van der Waals surface area contributed by atoms with Crippen LogP contribution in [0.1, 0.15) is 6.92 Å². The highest BCUT2D eigenvalue weighted by Crippen LogP contribution is 2.16. The van der Waals surface area contributed by atoms with Crippen LogP contribution in [0.15, 0.2) is 0 Å². The Balaban J connectivity index is 2.42. The van der Waals surface area contributed by atoms with Gasteiger partial charge in [-0.15, -0.1) is 0 Å². The lowest BCUT2D eigenvalue weighted by molar-refractivity contribution is -0.0876. The van der Waals surface area contributed by atoms with Crippen molar-refractivity contribution in [3.63, 3.8) is 0 Å². The van der Waals surface area contributed by atoms with Crippen molar-refractivity contribution < 1.29 is 10.2 Å². The van der Waals surface area contributed by atoms with Crippen LogP contribution in [0, 0.1) is 0 Å². The van der Waals surface area contributed by atoms with Crippen molar-refractivity contribution in [1.29, 1.82) is 0 Å². The number of rotatable bonds is 1. The summed E-state index contributed by atoms with van der Waals surface area (Å²) in [5.41, 5.74) is -0.833. The molecule has 2 unspecified atom stereocenters. The van der Waals surface area contributed by atoms with E-state index >= 15 is 0 Å². The van der Waals surface area contributed by atoms with Crippen LogP contribution in [0.4, 0.5) is 0 Å². The molecule has 3 heteroatoms. The van der Waals surface area contributed by atoms with Crippen LogP contribution in [0.2, 0.25) is 0 Å². The Labute approximate surface area is 48.3 Å². The minimum Gasteiger partial charge on any atom is -0.393 e. The maximum Gasteiger partial charge on any atom is 0.115 e. The number of β-amino-alcohol motifs (C(OH)–C–C–N with tert-alkyl or cyclic N) is 1. The first kappa shape index (κ1) is 6.01. The molecule has 0 bridgehead atoms. The van der Waals surface area contributed by atoms with Gasteiger partial charge in [-0.25, -0.2) is 0 Å². The summed E-state index contributed by atoms with van der Waals surface area (Å²) in [7, 11) is 0. The average Bonchev–Trinajstić information content (AvgIpc) is 1.83. The molecule has 3 N–H and O–H groups in total. The highest BCUT2D eigenvalue weighted by Gasteiger charge is 2.41. The van der Waals surface area contributed by atoms with Gasteiger partial charge in [-0.05, 0) is 6.92 Å². The molecule has 0 aromatic carbocycles. The quantitative estimate of drug-likeness (QED) is 0.400. The summed E-state index contributed by atoms with van der Waals surface area (Å²) in [5.74, 6) is 0. The third kappa shape index (κ3) is 0.632. The number of hydrogen-bond donors (Lipinski definition) is 3. The zero-order chi connectivity index (χ0) is 6.20. The van der Waals surface area contributed by atoms with Gasteiger partial charge in [0.1, 0.15) is 5.60 Å². The van der Waals surface area contributed by atoms with Crippen molar-refractivity contribution in [3.05, 3.63) is 0 Å². The topological polar surface area (TPSA) is 52.5 Å². The number of hydrogen-bond acceptors (Lipinski definition) is 3. The molecule has 0 spiro atoms. The molecule has 0 aromatic heterocycles. The van der Waals surface area contributed by atoms with Gasteiger partial charge >= 0.3 is 0 Å². The summed E-state index contributed by atoms with van der Waals surface area (Å²) in [6, 6.07) is 0.0486. The van der Waals surface area contributed by atoms with E-state index in [0.29, 0.717) is 6.54 Å². The van der Waals surface area contributed by atoms with Gasteiger partial charge in [0, 0.05) is 12.6 Å². The first-order valence-corrected chi connectivity index (χ1v) is 2.76. The van der Waals surface area contributed by atoms with Crippen molar-refractivity contribution in [1.82, 2.24) is 5.32 Å². The molecule has 0 saturated carbocycles. The zero-order valence-electron chi connectivity index (χ0n) is 4.89. The average molecular weight is 117 g/mol. The van der Waals surface area contributed by atoms with Crippen molar-refractivity contribution >= 4 is 0 Å². The normalized spacial score (nSPS) is 46.1. The lowest BCUT2D eigenvalue weighted by Crippen LogP contribution is -2.68. The second kappa shape index (κ2) is 1.69. The third-order valence-electron chi connectivity index (χ3n) is 1.79. The minimum atomic E-state index is -0.833. The van der Waals surface area contributed by atoms with Crippen LogP contribution >= 0.6 is 0 Å². The Hall–Kier alpha value is -0.120. The van der Waals surface area contributed by atoms with E-state index in [0.717, 1.165) is 0 Å². The molecule has 1 aliphatic rings. The van der Waals surface area contributed by atoms with Crippen molar-refractivity contribution in [3.8, 4) is 0 Å². The Bertz CT molecular complexity index is 92.4. The fraction of sp³-hybridized carbons (Fsp3) is 1.00. The second-order valence-corrected chi connectivity index (χ2v) is 2.36. The summed E-state index contributed by atoms with van der Waals surface area (Å²) in [5, 5.41) is 20.6. The summed E-state index contributed by atoms with van der Waals surface area (Å²) in [6.45, 7) is 2.23. The van der Waals surface area contributed by atoms with Crippen LogP contribution < -0.4 is 5.32 Å². The molecule has 48 valence electrons. The van der Waals surface area contributed by atoms with Crippen LogP contribution in [-0.4, -0.2) is 35.0 Å². The molecule has 0 radical (unpaired) electrons. The van der Waals surface area contributed by atoms with Crippen LogP contribution in [0.25, 0.3) is 0 Å². The Morgan fingerprint density at radius 1 is 1.88 bits per heavy atom. The van der Waals surface area contributed by atoms with Gasteiger partial charge in [0.2, 0.25) is 0 Å². The van der Waals surface area contributed by atoms with Crippen molar-refractivity contribution in [2.75, 3.05) is 13.2 Å². The van der Waals surface area contributed by atoms with E-state index in [1.807, 2.05) is 6.92 Å². The van der Waals surface area contributed by atoms with Gasteiger partial charge in [0.25, 0.3) is 0 Å². The SMILES string of the molecule is CC1NCC1(O)CO. The summed E-state index contributed by atoms with van der Waals surface area (Å²) in [6.07, 6.45) is 0. The Morgan fingerprint density at radius 2 is 2.50 bits per heavy atom. The lowest BCUT2D eigenvalue weighted by atomic mass is 9.89. The van der Waals surface area contributed by atoms with E-state index in [1.54, 1.807) is 0 Å². The number of aliphatic hydroxyl groups excluding tert-OH is 1. The largest absolute Gasteiger partial charge is 0.393 e. The smallest absolute Gasteiger partial charge is 0.115 e. The maximum atomic E-state index is 9.17. The van der Waals surface area contributed by atoms with Gasteiger partial charge in [-0.1, -0.05) is 0 Å². The highest BCUT2D eigenvalue weighted by molar-refractivity contribution is 4.99. The van der Waals surface area contributed by atoms with Gasteiger partial charge in [-0.3, -0.25) is 0 Å². The van der Waals surface area contributed by atoms with Crippen LogP contribution in [0.5, 0.6) is 0 Å². The minimum absolute atomic E-state index is 0.0486. The molecular weight excluding hydrogens is 106 g/mol. The molecule has 8 heavy (non-hydrogen) atoms. The molecule has 2 atom stereocenters. The Morgan fingerprint density at radius 3 is 2.50 bits per heavy atom.